The first-order chi connectivity index (χ1) is 15.9. The lowest BCUT2D eigenvalue weighted by Gasteiger charge is -2.35. The van der Waals surface area contributed by atoms with Crippen molar-refractivity contribution in [3.63, 3.8) is 0 Å². The molecule has 0 aliphatic carbocycles. The Balaban J connectivity index is 0.000000374. The van der Waals surface area contributed by atoms with Gasteiger partial charge in [-0.25, -0.2) is 4.79 Å². The van der Waals surface area contributed by atoms with Crippen molar-refractivity contribution in [3.05, 3.63) is 94.4 Å². The number of aliphatic hydroxyl groups is 1. The number of carbonyl (C=O) groups is 1. The summed E-state index contributed by atoms with van der Waals surface area (Å²) in [5.41, 5.74) is 4.29. The van der Waals surface area contributed by atoms with Crippen molar-refractivity contribution in [1.29, 1.82) is 0 Å². The van der Waals surface area contributed by atoms with E-state index in [0.717, 1.165) is 23.1 Å². The van der Waals surface area contributed by atoms with Crippen LogP contribution in [-0.2, 0) is 11.8 Å². The third-order valence-electron chi connectivity index (χ3n) is 5.87. The molecule has 6 heteroatoms. The number of hydrogen-bond acceptors (Lipinski definition) is 4. The molecule has 3 aromatic rings. The van der Waals surface area contributed by atoms with Gasteiger partial charge < -0.3 is 19.3 Å². The first-order valence-corrected chi connectivity index (χ1v) is 11.3. The van der Waals surface area contributed by atoms with Gasteiger partial charge in [-0.15, -0.1) is 0 Å². The van der Waals surface area contributed by atoms with Crippen LogP contribution in [0, 0.1) is 6.92 Å². The van der Waals surface area contributed by atoms with Crippen LogP contribution in [0.1, 0.15) is 36.9 Å². The molecule has 2 heterocycles. The number of cyclic esters (lactones) is 1. The van der Waals surface area contributed by atoms with Gasteiger partial charge in [0.25, 0.3) is 0 Å². The molecular weight excluding hydrogens is 416 g/mol. The molecule has 1 aromatic heterocycles. The number of benzene rings is 2. The summed E-state index contributed by atoms with van der Waals surface area (Å²) in [4.78, 5) is 25.5. The van der Waals surface area contributed by atoms with Gasteiger partial charge in [0.2, 0.25) is 5.56 Å². The van der Waals surface area contributed by atoms with Crippen LogP contribution >= 0.6 is 0 Å². The van der Waals surface area contributed by atoms with Gasteiger partial charge in [0.1, 0.15) is 6.10 Å². The number of pyridine rings is 1. The predicted molar refractivity (Wildman–Crippen MR) is 130 cm³/mol. The van der Waals surface area contributed by atoms with E-state index in [4.69, 9.17) is 9.84 Å². The predicted octanol–water partition coefficient (Wildman–Crippen LogP) is 4.70. The number of aliphatic hydroxyl groups excluding tert-OH is 1. The molecule has 1 fully saturated rings. The van der Waals surface area contributed by atoms with Crippen LogP contribution in [0.5, 0.6) is 0 Å². The molecular formula is C27H32N2O4. The molecule has 0 spiro atoms. The lowest BCUT2D eigenvalue weighted by molar-refractivity contribution is 0.00401. The van der Waals surface area contributed by atoms with E-state index >= 15 is 0 Å². The summed E-state index contributed by atoms with van der Waals surface area (Å²) in [6.07, 6.45) is 2.51. The van der Waals surface area contributed by atoms with Crippen molar-refractivity contribution >= 4 is 6.09 Å². The smallest absolute Gasteiger partial charge is 0.410 e. The maximum atomic E-state index is 12.2. The first kappa shape index (κ1) is 24.3. The van der Waals surface area contributed by atoms with Crippen LogP contribution in [-0.4, -0.2) is 39.9 Å². The summed E-state index contributed by atoms with van der Waals surface area (Å²) < 4.78 is 6.95. The van der Waals surface area contributed by atoms with E-state index in [1.54, 1.807) is 22.6 Å². The number of carbonyl (C=O) groups excluding carboxylic acids is 1. The number of ether oxygens (including phenoxy) is 1. The van der Waals surface area contributed by atoms with Gasteiger partial charge >= 0.3 is 6.09 Å². The maximum Gasteiger partial charge on any atom is 0.410 e. The second-order valence-electron chi connectivity index (χ2n) is 8.32. The summed E-state index contributed by atoms with van der Waals surface area (Å²) >= 11 is 0. The number of amides is 1. The summed E-state index contributed by atoms with van der Waals surface area (Å²) in [7, 11) is 1.73. The second-order valence-corrected chi connectivity index (χ2v) is 8.32. The molecule has 1 aliphatic heterocycles. The van der Waals surface area contributed by atoms with Crippen molar-refractivity contribution in [1.82, 2.24) is 9.47 Å². The van der Waals surface area contributed by atoms with Crippen LogP contribution in [0.15, 0.2) is 77.7 Å². The number of nitrogens with zero attached hydrogens (tertiary/aromatic N) is 2. The Bertz CT molecular complexity index is 1090. The van der Waals surface area contributed by atoms with Gasteiger partial charge in [-0.05, 0) is 36.6 Å². The number of hydrogen-bond donors (Lipinski definition) is 1. The van der Waals surface area contributed by atoms with E-state index in [9.17, 15) is 9.59 Å². The van der Waals surface area contributed by atoms with E-state index in [-0.39, 0.29) is 30.4 Å². The fraction of sp³-hybridized carbons (Fsp3) is 0.333. The maximum absolute atomic E-state index is 12.2. The normalized spacial score (nSPS) is 16.4. The molecule has 2 atom stereocenters. The average molecular weight is 449 g/mol. The van der Waals surface area contributed by atoms with E-state index in [2.05, 4.69) is 19.1 Å². The monoisotopic (exact) mass is 448 g/mol. The summed E-state index contributed by atoms with van der Waals surface area (Å²) in [5.74, 6) is 0. The lowest BCUT2D eigenvalue weighted by atomic mass is 10.0. The Labute approximate surface area is 195 Å². The Kier molecular flexibility index (Phi) is 8.44. The average Bonchev–Trinajstić information content (AvgIpc) is 2.82. The van der Waals surface area contributed by atoms with Gasteiger partial charge in [0.15, 0.2) is 0 Å². The number of aryl methyl sites for hydroxylation is 2. The number of rotatable bonds is 5. The van der Waals surface area contributed by atoms with Crippen molar-refractivity contribution in [3.8, 4) is 11.1 Å². The molecule has 0 saturated carbocycles. The zero-order valence-electron chi connectivity index (χ0n) is 19.5. The molecule has 6 nitrogen and oxygen atoms in total. The highest BCUT2D eigenvalue weighted by Gasteiger charge is 2.30. The van der Waals surface area contributed by atoms with Crippen LogP contribution in [0.3, 0.4) is 0 Å². The Morgan fingerprint density at radius 1 is 1.00 bits per heavy atom. The highest BCUT2D eigenvalue weighted by Crippen LogP contribution is 2.28. The Hall–Kier alpha value is -3.38. The van der Waals surface area contributed by atoms with Gasteiger partial charge in [-0.3, -0.25) is 4.79 Å². The molecule has 1 N–H and O–H groups in total. The van der Waals surface area contributed by atoms with E-state index in [0.29, 0.717) is 13.0 Å². The fourth-order valence-corrected chi connectivity index (χ4v) is 3.78. The van der Waals surface area contributed by atoms with Crippen molar-refractivity contribution in [2.24, 2.45) is 7.05 Å². The van der Waals surface area contributed by atoms with Crippen molar-refractivity contribution < 1.29 is 14.6 Å². The minimum Gasteiger partial charge on any atom is -0.446 e. The Morgan fingerprint density at radius 3 is 2.21 bits per heavy atom. The molecule has 2 unspecified atom stereocenters. The van der Waals surface area contributed by atoms with Gasteiger partial charge in [0.05, 0.1) is 6.04 Å². The first-order valence-electron chi connectivity index (χ1n) is 11.3. The van der Waals surface area contributed by atoms with E-state index in [1.165, 1.54) is 5.56 Å². The molecule has 1 saturated heterocycles. The van der Waals surface area contributed by atoms with Gasteiger partial charge in [-0.1, -0.05) is 60.2 Å². The quantitative estimate of drug-likeness (QED) is 0.614. The van der Waals surface area contributed by atoms with Crippen molar-refractivity contribution in [2.45, 2.75) is 38.8 Å². The summed E-state index contributed by atoms with van der Waals surface area (Å²) in [6.45, 7) is 4.71. The Morgan fingerprint density at radius 2 is 1.67 bits per heavy atom. The molecule has 174 valence electrons. The molecule has 1 amide bonds. The topological polar surface area (TPSA) is 71.8 Å². The molecule has 0 radical (unpaired) electrons. The van der Waals surface area contributed by atoms with Gasteiger partial charge in [-0.2, -0.15) is 0 Å². The highest BCUT2D eigenvalue weighted by atomic mass is 16.6. The summed E-state index contributed by atoms with van der Waals surface area (Å²) in [6, 6.07) is 21.5. The largest absolute Gasteiger partial charge is 0.446 e. The fourth-order valence-electron chi connectivity index (χ4n) is 3.78. The molecule has 1 aliphatic rings. The third-order valence-corrected chi connectivity index (χ3v) is 5.87. The van der Waals surface area contributed by atoms with Crippen LogP contribution in [0.2, 0.25) is 0 Å². The van der Waals surface area contributed by atoms with Crippen LogP contribution in [0.4, 0.5) is 4.79 Å². The van der Waals surface area contributed by atoms with Crippen LogP contribution in [0.25, 0.3) is 11.1 Å². The van der Waals surface area contributed by atoms with Gasteiger partial charge in [0, 0.05) is 45.3 Å². The zero-order chi connectivity index (χ0) is 23.8. The third kappa shape index (κ3) is 6.56. The van der Waals surface area contributed by atoms with Crippen LogP contribution < -0.4 is 5.56 Å². The van der Waals surface area contributed by atoms with E-state index in [1.807, 2.05) is 61.7 Å². The summed E-state index contributed by atoms with van der Waals surface area (Å²) in [5, 5.41) is 8.99. The minimum atomic E-state index is -0.329. The standard InChI is InChI=1S/C20H24N2O4.C7H8/c1-14(22-11-9-18(10-12-23)26-20(22)25)15-3-5-16(6-4-15)17-7-8-19(24)21(2)13-17;1-7-5-3-2-4-6-7/h3-8,13-14,18,23H,9-12H2,1-2H3;2-6H,1H3. The molecule has 2 aromatic carbocycles. The lowest BCUT2D eigenvalue weighted by Crippen LogP contribution is -2.43. The molecule has 0 bridgehead atoms. The highest BCUT2D eigenvalue weighted by molar-refractivity contribution is 5.69. The van der Waals surface area contributed by atoms with Crippen molar-refractivity contribution in [2.75, 3.05) is 13.2 Å². The zero-order valence-corrected chi connectivity index (χ0v) is 19.5. The molecule has 33 heavy (non-hydrogen) atoms. The van der Waals surface area contributed by atoms with E-state index < -0.39 is 0 Å². The number of aromatic nitrogens is 1. The second kappa shape index (κ2) is 11.5. The minimum absolute atomic E-state index is 0.0278. The molecule has 4 rings (SSSR count). The SMILES string of the molecule is CC(c1ccc(-c2ccc(=O)n(C)c2)cc1)N1CCC(CCO)OC1=O.Cc1ccccc1.